The molecule has 2 aliphatic rings. The number of carbonyl (C=O) groups is 1. The predicted molar refractivity (Wildman–Crippen MR) is 137 cm³/mol. The van der Waals surface area contributed by atoms with Crippen LogP contribution >= 0.6 is 11.6 Å². The van der Waals surface area contributed by atoms with E-state index in [1.807, 2.05) is 42.5 Å². The van der Waals surface area contributed by atoms with Crippen molar-refractivity contribution in [2.45, 2.75) is 31.7 Å². The third kappa shape index (κ3) is 4.86. The summed E-state index contributed by atoms with van der Waals surface area (Å²) in [4.78, 5) is 26.0. The van der Waals surface area contributed by atoms with Crippen LogP contribution in [-0.4, -0.2) is 48.1 Å². The molecule has 0 saturated carbocycles. The van der Waals surface area contributed by atoms with E-state index in [9.17, 15) is 4.79 Å². The Morgan fingerprint density at radius 1 is 1.09 bits per heavy atom. The van der Waals surface area contributed by atoms with Gasteiger partial charge in [-0.25, -0.2) is 9.97 Å². The molecule has 5 rings (SSSR count). The molecule has 1 saturated heterocycles. The van der Waals surface area contributed by atoms with Gasteiger partial charge in [0, 0.05) is 48.1 Å². The summed E-state index contributed by atoms with van der Waals surface area (Å²) >= 11 is 6.11. The molecule has 0 unspecified atom stereocenters. The Morgan fingerprint density at radius 3 is 2.74 bits per heavy atom. The van der Waals surface area contributed by atoms with Crippen molar-refractivity contribution in [3.63, 3.8) is 0 Å². The van der Waals surface area contributed by atoms with Gasteiger partial charge in [0.1, 0.15) is 17.8 Å². The van der Waals surface area contributed by atoms with Gasteiger partial charge in [-0.3, -0.25) is 4.79 Å². The summed E-state index contributed by atoms with van der Waals surface area (Å²) in [6.07, 6.45) is 5.28. The lowest BCUT2D eigenvalue weighted by atomic mass is 10.0. The SMILES string of the molecule is Nc1ccccc1CCNC1CCN(c2cc(C(=O)N3CCc4cc(Cl)ccc43)ncn2)CC1. The third-order valence-electron chi connectivity index (χ3n) is 6.76. The molecular formula is C26H29ClN6O. The van der Waals surface area contributed by atoms with E-state index in [4.69, 9.17) is 17.3 Å². The van der Waals surface area contributed by atoms with Crippen molar-refractivity contribution in [2.24, 2.45) is 0 Å². The van der Waals surface area contributed by atoms with Crippen molar-refractivity contribution in [1.29, 1.82) is 0 Å². The fraction of sp³-hybridized carbons (Fsp3) is 0.346. The van der Waals surface area contributed by atoms with Crippen LogP contribution in [0.3, 0.4) is 0 Å². The fourth-order valence-electron chi connectivity index (χ4n) is 4.84. The molecule has 1 amide bonds. The molecule has 0 atom stereocenters. The van der Waals surface area contributed by atoms with Crippen molar-refractivity contribution in [2.75, 3.05) is 41.7 Å². The van der Waals surface area contributed by atoms with Crippen LogP contribution in [0, 0.1) is 0 Å². The molecule has 34 heavy (non-hydrogen) atoms. The van der Waals surface area contributed by atoms with Crippen LogP contribution in [-0.2, 0) is 12.8 Å². The molecule has 2 aromatic carbocycles. The Bertz CT molecular complexity index is 1180. The van der Waals surface area contributed by atoms with Gasteiger partial charge in [0.05, 0.1) is 0 Å². The first-order valence-electron chi connectivity index (χ1n) is 11.8. The summed E-state index contributed by atoms with van der Waals surface area (Å²) in [6, 6.07) is 16.0. The van der Waals surface area contributed by atoms with E-state index < -0.39 is 0 Å². The molecule has 176 valence electrons. The van der Waals surface area contributed by atoms with Gasteiger partial charge in [0.25, 0.3) is 5.91 Å². The second-order valence-electron chi connectivity index (χ2n) is 8.91. The van der Waals surface area contributed by atoms with Gasteiger partial charge in [-0.15, -0.1) is 0 Å². The molecule has 2 aliphatic heterocycles. The first-order chi connectivity index (χ1) is 16.6. The monoisotopic (exact) mass is 476 g/mol. The number of nitrogens with zero attached hydrogens (tertiary/aromatic N) is 4. The van der Waals surface area contributed by atoms with Crippen molar-refractivity contribution in [1.82, 2.24) is 15.3 Å². The zero-order valence-electron chi connectivity index (χ0n) is 19.1. The topological polar surface area (TPSA) is 87.4 Å². The lowest BCUT2D eigenvalue weighted by molar-refractivity contribution is 0.0984. The van der Waals surface area contributed by atoms with Crippen LogP contribution < -0.4 is 20.9 Å². The number of hydrogen-bond donors (Lipinski definition) is 2. The van der Waals surface area contributed by atoms with Crippen molar-refractivity contribution >= 4 is 34.7 Å². The summed E-state index contributed by atoms with van der Waals surface area (Å²) in [5.41, 5.74) is 10.5. The second-order valence-corrected chi connectivity index (χ2v) is 9.34. The number of piperidine rings is 1. The zero-order chi connectivity index (χ0) is 23.5. The lowest BCUT2D eigenvalue weighted by Crippen LogP contribution is -2.43. The van der Waals surface area contributed by atoms with E-state index in [0.717, 1.165) is 68.1 Å². The van der Waals surface area contributed by atoms with Gasteiger partial charge in [-0.05, 0) is 67.6 Å². The Morgan fingerprint density at radius 2 is 1.91 bits per heavy atom. The third-order valence-corrected chi connectivity index (χ3v) is 6.99. The number of aromatic nitrogens is 2. The Balaban J connectivity index is 1.17. The number of carbonyl (C=O) groups excluding carboxylic acids is 1. The van der Waals surface area contributed by atoms with Crippen LogP contribution in [0.25, 0.3) is 0 Å². The predicted octanol–water partition coefficient (Wildman–Crippen LogP) is 3.72. The number of anilines is 3. The Kier molecular flexibility index (Phi) is 6.65. The number of para-hydroxylation sites is 1. The highest BCUT2D eigenvalue weighted by molar-refractivity contribution is 6.30. The molecule has 0 spiro atoms. The number of hydrogen-bond acceptors (Lipinski definition) is 6. The first kappa shape index (κ1) is 22.6. The minimum Gasteiger partial charge on any atom is -0.399 e. The number of amides is 1. The Labute approximate surface area is 204 Å². The smallest absolute Gasteiger partial charge is 0.277 e. The van der Waals surface area contributed by atoms with Crippen LogP contribution in [0.5, 0.6) is 0 Å². The minimum absolute atomic E-state index is 0.0959. The van der Waals surface area contributed by atoms with Gasteiger partial charge in [-0.2, -0.15) is 0 Å². The van der Waals surface area contributed by atoms with Gasteiger partial charge in [-0.1, -0.05) is 29.8 Å². The molecule has 3 N–H and O–H groups in total. The first-order valence-corrected chi connectivity index (χ1v) is 12.2. The van der Waals surface area contributed by atoms with Crippen LogP contribution in [0.1, 0.15) is 34.5 Å². The van der Waals surface area contributed by atoms with Crippen molar-refractivity contribution < 1.29 is 4.79 Å². The quantitative estimate of drug-likeness (QED) is 0.527. The number of fused-ring (bicyclic) bond motifs is 1. The second kappa shape index (κ2) is 9.99. The van der Waals surface area contributed by atoms with Crippen molar-refractivity contribution in [3.8, 4) is 0 Å². The number of nitrogens with two attached hydrogens (primary N) is 1. The summed E-state index contributed by atoms with van der Waals surface area (Å²) < 4.78 is 0. The van der Waals surface area contributed by atoms with E-state index in [1.54, 1.807) is 4.90 Å². The lowest BCUT2D eigenvalue weighted by Gasteiger charge is -2.33. The van der Waals surface area contributed by atoms with Crippen LogP contribution in [0.15, 0.2) is 54.9 Å². The Hall–Kier alpha value is -3.16. The van der Waals surface area contributed by atoms with Gasteiger partial charge in [0.15, 0.2) is 0 Å². The van der Waals surface area contributed by atoms with Gasteiger partial charge >= 0.3 is 0 Å². The normalized spacial score (nSPS) is 16.0. The van der Waals surface area contributed by atoms with Gasteiger partial charge < -0.3 is 20.9 Å². The number of rotatable bonds is 6. The van der Waals surface area contributed by atoms with E-state index >= 15 is 0 Å². The molecule has 1 fully saturated rings. The molecule has 0 bridgehead atoms. The largest absolute Gasteiger partial charge is 0.399 e. The summed E-state index contributed by atoms with van der Waals surface area (Å²) in [6.45, 7) is 3.33. The summed E-state index contributed by atoms with van der Waals surface area (Å²) in [5, 5.41) is 4.36. The van der Waals surface area contributed by atoms with Crippen molar-refractivity contribution in [3.05, 3.63) is 76.7 Å². The molecule has 0 radical (unpaired) electrons. The molecule has 8 heteroatoms. The van der Waals surface area contributed by atoms with E-state index in [-0.39, 0.29) is 5.91 Å². The summed E-state index contributed by atoms with van der Waals surface area (Å²) in [5.74, 6) is 0.714. The average molecular weight is 477 g/mol. The maximum absolute atomic E-state index is 13.2. The molecular weight excluding hydrogens is 448 g/mol. The van der Waals surface area contributed by atoms with E-state index in [0.29, 0.717) is 23.3 Å². The zero-order valence-corrected chi connectivity index (χ0v) is 19.8. The average Bonchev–Trinajstić information content (AvgIpc) is 3.28. The maximum Gasteiger partial charge on any atom is 0.277 e. The van der Waals surface area contributed by atoms with E-state index in [1.165, 1.54) is 11.9 Å². The molecule has 0 aliphatic carbocycles. The van der Waals surface area contributed by atoms with E-state index in [2.05, 4.69) is 26.3 Å². The standard InChI is InChI=1S/C26H29ClN6O/c27-20-5-6-24-19(15-20)8-14-33(24)26(34)23-16-25(31-17-30-23)32-12-9-21(10-13-32)29-11-7-18-3-1-2-4-22(18)28/h1-6,15-17,21,29H,7-14,28H2. The molecule has 7 nitrogen and oxygen atoms in total. The number of benzene rings is 2. The van der Waals surface area contributed by atoms with Crippen LogP contribution in [0.2, 0.25) is 5.02 Å². The maximum atomic E-state index is 13.2. The number of nitrogen functional groups attached to an aromatic ring is 1. The number of nitrogens with one attached hydrogen (secondary N) is 1. The molecule has 1 aromatic heterocycles. The highest BCUT2D eigenvalue weighted by Gasteiger charge is 2.27. The van der Waals surface area contributed by atoms with Crippen LogP contribution in [0.4, 0.5) is 17.2 Å². The minimum atomic E-state index is -0.0959. The molecule has 3 heterocycles. The molecule has 3 aromatic rings. The highest BCUT2D eigenvalue weighted by Crippen LogP contribution is 2.31. The number of halogens is 1. The highest BCUT2D eigenvalue weighted by atomic mass is 35.5. The van der Waals surface area contributed by atoms with Gasteiger partial charge in [0.2, 0.25) is 0 Å². The summed E-state index contributed by atoms with van der Waals surface area (Å²) in [7, 11) is 0. The fourth-order valence-corrected chi connectivity index (χ4v) is 5.04.